The van der Waals surface area contributed by atoms with Crippen molar-refractivity contribution in [2.75, 3.05) is 43.5 Å². The van der Waals surface area contributed by atoms with Gasteiger partial charge < -0.3 is 14.7 Å². The number of nitrogens with zero attached hydrogens (tertiary/aromatic N) is 7. The summed E-state index contributed by atoms with van der Waals surface area (Å²) in [5.41, 5.74) is 4.33. The van der Waals surface area contributed by atoms with Crippen LogP contribution in [-0.2, 0) is 0 Å². The number of hydrogen-bond acceptors (Lipinski definition) is 6. The van der Waals surface area contributed by atoms with Gasteiger partial charge >= 0.3 is 0 Å². The van der Waals surface area contributed by atoms with Crippen LogP contribution >= 0.6 is 0 Å². The molecule has 2 fully saturated rings. The highest BCUT2D eigenvalue weighted by Gasteiger charge is 2.30. The maximum Gasteiger partial charge on any atom is 0.154 e. The fourth-order valence-electron chi connectivity index (χ4n) is 5.78. The molecule has 194 valence electrons. The van der Waals surface area contributed by atoms with Gasteiger partial charge in [-0.1, -0.05) is 6.07 Å². The lowest BCUT2D eigenvalue weighted by Crippen LogP contribution is -2.31. The summed E-state index contributed by atoms with van der Waals surface area (Å²) in [6.07, 6.45) is 4.42. The van der Waals surface area contributed by atoms with Gasteiger partial charge in [0.1, 0.15) is 23.5 Å². The molecule has 4 aromatic rings. The smallest absolute Gasteiger partial charge is 0.154 e. The Bertz CT molecular complexity index is 1540. The largest absolute Gasteiger partial charge is 0.369 e. The lowest BCUT2D eigenvalue weighted by Gasteiger charge is -2.26. The summed E-state index contributed by atoms with van der Waals surface area (Å²) in [5, 5.41) is 14.7. The predicted octanol–water partition coefficient (Wildman–Crippen LogP) is 5.03. The minimum atomic E-state index is -0.444. The van der Waals surface area contributed by atoms with Crippen molar-refractivity contribution < 1.29 is 8.78 Å². The summed E-state index contributed by atoms with van der Waals surface area (Å²) in [5.74, 6) is -0.165. The van der Waals surface area contributed by atoms with Crippen LogP contribution in [0.3, 0.4) is 0 Å². The second-order valence-electron chi connectivity index (χ2n) is 10.3. The molecule has 2 aliphatic rings. The molecule has 2 aromatic carbocycles. The highest BCUT2D eigenvalue weighted by atomic mass is 19.1. The van der Waals surface area contributed by atoms with Gasteiger partial charge in [-0.05, 0) is 75.8 Å². The average Bonchev–Trinajstić information content (AvgIpc) is 3.69. The molecule has 2 aromatic heterocycles. The Labute approximate surface area is 220 Å². The molecule has 0 bridgehead atoms. The molecule has 2 atom stereocenters. The van der Waals surface area contributed by atoms with E-state index < -0.39 is 11.6 Å². The average molecular weight is 514 g/mol. The van der Waals surface area contributed by atoms with E-state index in [-0.39, 0.29) is 6.04 Å². The molecular formula is C29H29F2N7. The molecule has 7 nitrogen and oxygen atoms in total. The second-order valence-corrected chi connectivity index (χ2v) is 10.3. The van der Waals surface area contributed by atoms with E-state index in [0.29, 0.717) is 35.2 Å². The molecule has 4 heterocycles. The SMILES string of the molecule is CN(C)C1CCN(c2cc(-c3cnc4ccc(N5CCCC5c5cc(F)ccc5F)nn34)ccc2C#N)C1. The molecule has 2 saturated heterocycles. The predicted molar refractivity (Wildman–Crippen MR) is 143 cm³/mol. The summed E-state index contributed by atoms with van der Waals surface area (Å²) >= 11 is 0. The van der Waals surface area contributed by atoms with Gasteiger partial charge in [-0.2, -0.15) is 5.26 Å². The quantitative estimate of drug-likeness (QED) is 0.373. The summed E-state index contributed by atoms with van der Waals surface area (Å²) in [4.78, 5) is 11.1. The summed E-state index contributed by atoms with van der Waals surface area (Å²) in [7, 11) is 4.18. The molecule has 0 saturated carbocycles. The number of fused-ring (bicyclic) bond motifs is 1. The standard InChI is InChI=1S/C29H29F2N7/c1-35(2)22-11-13-36(18-22)26-14-19(5-6-20(26)16-32)27-17-33-28-9-10-29(34-38(27)28)37-12-3-4-25(37)23-15-21(30)7-8-24(23)31/h5-10,14-15,17,22,25H,3-4,11-13,18H2,1-2H3. The summed E-state index contributed by atoms with van der Waals surface area (Å²) < 4.78 is 30.4. The van der Waals surface area contributed by atoms with E-state index in [1.165, 1.54) is 12.1 Å². The maximum atomic E-state index is 14.6. The first kappa shape index (κ1) is 24.3. The third-order valence-corrected chi connectivity index (χ3v) is 7.86. The van der Waals surface area contributed by atoms with Crippen molar-refractivity contribution in [1.82, 2.24) is 19.5 Å². The second kappa shape index (κ2) is 9.69. The number of likely N-dealkylation sites (N-methyl/N-ethyl adjacent to an activating group) is 1. The zero-order valence-corrected chi connectivity index (χ0v) is 21.5. The van der Waals surface area contributed by atoms with Gasteiger partial charge in [0.25, 0.3) is 0 Å². The number of rotatable bonds is 5. The monoisotopic (exact) mass is 513 g/mol. The van der Waals surface area contributed by atoms with E-state index in [9.17, 15) is 14.0 Å². The minimum Gasteiger partial charge on any atom is -0.369 e. The Balaban J connectivity index is 1.37. The maximum absolute atomic E-state index is 14.6. The molecule has 6 rings (SSSR count). The Morgan fingerprint density at radius 3 is 2.68 bits per heavy atom. The van der Waals surface area contributed by atoms with E-state index in [1.54, 1.807) is 10.7 Å². The minimum absolute atomic E-state index is 0.288. The number of benzene rings is 2. The first-order chi connectivity index (χ1) is 18.4. The van der Waals surface area contributed by atoms with Crippen LogP contribution in [-0.4, -0.2) is 59.3 Å². The van der Waals surface area contributed by atoms with Crippen LogP contribution in [0.25, 0.3) is 16.9 Å². The zero-order valence-electron chi connectivity index (χ0n) is 21.5. The topological polar surface area (TPSA) is 63.7 Å². The van der Waals surface area contributed by atoms with Crippen LogP contribution in [0.4, 0.5) is 20.3 Å². The van der Waals surface area contributed by atoms with Gasteiger partial charge in [-0.15, -0.1) is 5.10 Å². The molecule has 0 radical (unpaired) electrons. The Kier molecular flexibility index (Phi) is 6.20. The van der Waals surface area contributed by atoms with Crippen molar-refractivity contribution in [2.45, 2.75) is 31.3 Å². The fraction of sp³-hybridized carbons (Fsp3) is 0.345. The molecule has 9 heteroatoms. The highest BCUT2D eigenvalue weighted by Crippen LogP contribution is 2.37. The molecular weight excluding hydrogens is 484 g/mol. The van der Waals surface area contributed by atoms with Crippen molar-refractivity contribution in [3.05, 3.63) is 77.5 Å². The van der Waals surface area contributed by atoms with Gasteiger partial charge in [0.15, 0.2) is 5.65 Å². The lowest BCUT2D eigenvalue weighted by atomic mass is 10.0. The van der Waals surface area contributed by atoms with E-state index in [0.717, 1.165) is 55.4 Å². The van der Waals surface area contributed by atoms with Gasteiger partial charge in [-0.25, -0.2) is 18.3 Å². The van der Waals surface area contributed by atoms with Crippen LogP contribution in [0.15, 0.2) is 54.7 Å². The molecule has 0 aliphatic carbocycles. The van der Waals surface area contributed by atoms with Crippen molar-refractivity contribution in [1.29, 1.82) is 5.26 Å². The summed E-state index contributed by atoms with van der Waals surface area (Å²) in [6.45, 7) is 2.46. The first-order valence-electron chi connectivity index (χ1n) is 12.9. The fourth-order valence-corrected chi connectivity index (χ4v) is 5.78. The van der Waals surface area contributed by atoms with Crippen LogP contribution in [0, 0.1) is 23.0 Å². The lowest BCUT2D eigenvalue weighted by molar-refractivity contribution is 0.315. The number of aromatic nitrogens is 3. The first-order valence-corrected chi connectivity index (χ1v) is 12.9. The number of imidazole rings is 1. The Morgan fingerprint density at radius 2 is 1.89 bits per heavy atom. The third-order valence-electron chi connectivity index (χ3n) is 7.86. The Hall–Kier alpha value is -4.03. The number of anilines is 2. The van der Waals surface area contributed by atoms with Crippen LogP contribution in [0.5, 0.6) is 0 Å². The number of hydrogen-bond donors (Lipinski definition) is 0. The molecule has 38 heavy (non-hydrogen) atoms. The van der Waals surface area contributed by atoms with Crippen molar-refractivity contribution in [3.63, 3.8) is 0 Å². The van der Waals surface area contributed by atoms with Gasteiger partial charge in [-0.3, -0.25) is 0 Å². The Morgan fingerprint density at radius 1 is 1.03 bits per heavy atom. The highest BCUT2D eigenvalue weighted by molar-refractivity contribution is 5.72. The zero-order chi connectivity index (χ0) is 26.4. The van der Waals surface area contributed by atoms with Crippen molar-refractivity contribution in [3.8, 4) is 17.3 Å². The van der Waals surface area contributed by atoms with E-state index >= 15 is 0 Å². The molecule has 2 aliphatic heterocycles. The van der Waals surface area contributed by atoms with Gasteiger partial charge in [0.2, 0.25) is 0 Å². The normalized spacial score (nSPS) is 19.6. The summed E-state index contributed by atoms with van der Waals surface area (Å²) in [6, 6.07) is 15.8. The van der Waals surface area contributed by atoms with E-state index in [1.807, 2.05) is 29.2 Å². The number of halogens is 2. The molecule has 0 N–H and O–H groups in total. The van der Waals surface area contributed by atoms with Crippen LogP contribution < -0.4 is 9.80 Å². The molecule has 2 unspecified atom stereocenters. The van der Waals surface area contributed by atoms with Gasteiger partial charge in [0.05, 0.1) is 29.2 Å². The third kappa shape index (κ3) is 4.25. The van der Waals surface area contributed by atoms with Crippen molar-refractivity contribution in [2.24, 2.45) is 0 Å². The van der Waals surface area contributed by atoms with Crippen LogP contribution in [0.1, 0.15) is 36.4 Å². The van der Waals surface area contributed by atoms with E-state index in [2.05, 4.69) is 41.0 Å². The number of nitriles is 1. The molecule has 0 amide bonds. The van der Waals surface area contributed by atoms with E-state index in [4.69, 9.17) is 5.10 Å². The molecule has 0 spiro atoms. The van der Waals surface area contributed by atoms with Crippen molar-refractivity contribution >= 4 is 17.2 Å². The van der Waals surface area contributed by atoms with Gasteiger partial charge in [0, 0.05) is 36.8 Å². The van der Waals surface area contributed by atoms with Crippen LogP contribution in [0.2, 0.25) is 0 Å².